The molecule has 0 fully saturated rings. The molecule has 0 spiro atoms. The first-order valence-electron chi connectivity index (χ1n) is 4.13. The van der Waals surface area contributed by atoms with Crippen LogP contribution < -0.4 is 0 Å². The highest BCUT2D eigenvalue weighted by atomic mass is 35.5. The summed E-state index contributed by atoms with van der Waals surface area (Å²) >= 11 is 5.44. The fourth-order valence-corrected chi connectivity index (χ4v) is 1.03. The van der Waals surface area contributed by atoms with Gasteiger partial charge in [0.1, 0.15) is 0 Å². The van der Waals surface area contributed by atoms with Crippen LogP contribution in [0.25, 0.3) is 0 Å². The fourth-order valence-electron chi connectivity index (χ4n) is 0.869. The van der Waals surface area contributed by atoms with Crippen molar-refractivity contribution < 1.29 is 4.79 Å². The van der Waals surface area contributed by atoms with E-state index in [1.807, 2.05) is 6.08 Å². The Morgan fingerprint density at radius 2 is 2.33 bits per heavy atom. The lowest BCUT2D eigenvalue weighted by molar-refractivity contribution is -0.129. The molecule has 12 heavy (non-hydrogen) atoms. The van der Waals surface area contributed by atoms with Gasteiger partial charge in [0.05, 0.1) is 0 Å². The minimum absolute atomic E-state index is 0.120. The largest absolute Gasteiger partial charge is 0.346 e. The third kappa shape index (κ3) is 5.19. The molecule has 0 aromatic heterocycles. The molecule has 0 aliphatic carbocycles. The smallest absolute Gasteiger partial charge is 0.223 e. The molecule has 3 heteroatoms. The molecule has 0 aliphatic heterocycles. The van der Waals surface area contributed by atoms with Crippen LogP contribution in [-0.2, 0) is 4.79 Å². The number of nitrogens with zero attached hydrogens (tertiary/aromatic N) is 1. The number of carbonyl (C=O) groups excluding carboxylic acids is 1. The van der Waals surface area contributed by atoms with Gasteiger partial charge in [-0.1, -0.05) is 6.08 Å². The summed E-state index contributed by atoms with van der Waals surface area (Å²) in [6.45, 7) is 4.41. The normalized spacial score (nSPS) is 9.50. The molecule has 0 atom stereocenters. The first-order valence-corrected chi connectivity index (χ1v) is 4.66. The number of amides is 1. The van der Waals surface area contributed by atoms with Crippen LogP contribution in [-0.4, -0.2) is 30.3 Å². The molecule has 0 rings (SSSR count). The molecule has 0 unspecified atom stereocenters. The first kappa shape index (κ1) is 11.5. The standard InChI is InChI=1S/C9H16ClNO/c1-3-4-5-8-11(2)9(12)6-7-10/h3H,1,4-8H2,2H3. The van der Waals surface area contributed by atoms with Crippen LogP contribution in [0.5, 0.6) is 0 Å². The van der Waals surface area contributed by atoms with E-state index in [0.717, 1.165) is 19.4 Å². The summed E-state index contributed by atoms with van der Waals surface area (Å²) in [5, 5.41) is 0. The lowest BCUT2D eigenvalue weighted by Crippen LogP contribution is -2.27. The van der Waals surface area contributed by atoms with E-state index in [2.05, 4.69) is 6.58 Å². The Morgan fingerprint density at radius 1 is 1.67 bits per heavy atom. The SMILES string of the molecule is C=CCCCN(C)C(=O)CCCl. The molecule has 2 nitrogen and oxygen atoms in total. The van der Waals surface area contributed by atoms with Crippen molar-refractivity contribution >= 4 is 17.5 Å². The van der Waals surface area contributed by atoms with Gasteiger partial charge in [0, 0.05) is 25.9 Å². The fraction of sp³-hybridized carbons (Fsp3) is 0.667. The predicted octanol–water partition coefficient (Wildman–Crippen LogP) is 2.04. The van der Waals surface area contributed by atoms with E-state index >= 15 is 0 Å². The van der Waals surface area contributed by atoms with Crippen molar-refractivity contribution in [1.29, 1.82) is 0 Å². The highest BCUT2D eigenvalue weighted by Crippen LogP contribution is 1.97. The molecule has 0 saturated heterocycles. The maximum Gasteiger partial charge on any atom is 0.223 e. The van der Waals surface area contributed by atoms with Gasteiger partial charge < -0.3 is 4.90 Å². The monoisotopic (exact) mass is 189 g/mol. The molecule has 0 radical (unpaired) electrons. The van der Waals surface area contributed by atoms with Crippen molar-refractivity contribution in [1.82, 2.24) is 4.90 Å². The van der Waals surface area contributed by atoms with Gasteiger partial charge in [0.2, 0.25) is 5.91 Å². The summed E-state index contributed by atoms with van der Waals surface area (Å²) in [7, 11) is 1.80. The van der Waals surface area contributed by atoms with Crippen LogP contribution in [0.3, 0.4) is 0 Å². The Kier molecular flexibility index (Phi) is 6.87. The van der Waals surface area contributed by atoms with Crippen molar-refractivity contribution in [3.63, 3.8) is 0 Å². The zero-order valence-electron chi connectivity index (χ0n) is 7.55. The second kappa shape index (κ2) is 7.17. The van der Waals surface area contributed by atoms with Gasteiger partial charge in [-0.3, -0.25) is 4.79 Å². The number of halogens is 1. The van der Waals surface area contributed by atoms with Crippen LogP contribution >= 0.6 is 11.6 Å². The maximum absolute atomic E-state index is 11.2. The van der Waals surface area contributed by atoms with Crippen LogP contribution in [0.2, 0.25) is 0 Å². The van der Waals surface area contributed by atoms with Crippen molar-refractivity contribution in [3.8, 4) is 0 Å². The highest BCUT2D eigenvalue weighted by Gasteiger charge is 2.05. The van der Waals surface area contributed by atoms with Crippen LogP contribution in [0.4, 0.5) is 0 Å². The van der Waals surface area contributed by atoms with Crippen LogP contribution in [0.15, 0.2) is 12.7 Å². The van der Waals surface area contributed by atoms with Gasteiger partial charge in [0.25, 0.3) is 0 Å². The molecule has 0 heterocycles. The summed E-state index contributed by atoms with van der Waals surface area (Å²) in [4.78, 5) is 12.9. The molecule has 0 aliphatic rings. The van der Waals surface area contributed by atoms with Gasteiger partial charge in [-0.05, 0) is 12.8 Å². The van der Waals surface area contributed by atoms with Crippen LogP contribution in [0, 0.1) is 0 Å². The zero-order chi connectivity index (χ0) is 9.40. The van der Waals surface area contributed by atoms with Gasteiger partial charge in [-0.15, -0.1) is 18.2 Å². The van der Waals surface area contributed by atoms with Gasteiger partial charge in [0.15, 0.2) is 0 Å². The summed E-state index contributed by atoms with van der Waals surface area (Å²) in [6.07, 6.45) is 4.23. The second-order valence-electron chi connectivity index (χ2n) is 2.69. The van der Waals surface area contributed by atoms with E-state index in [4.69, 9.17) is 11.6 Å². The Morgan fingerprint density at radius 3 is 2.83 bits per heavy atom. The lowest BCUT2D eigenvalue weighted by Gasteiger charge is -2.15. The Labute approximate surface area is 79.2 Å². The summed E-state index contributed by atoms with van der Waals surface area (Å²) in [5.41, 5.74) is 0. The van der Waals surface area contributed by atoms with Crippen molar-refractivity contribution in [2.24, 2.45) is 0 Å². The van der Waals surface area contributed by atoms with E-state index < -0.39 is 0 Å². The van der Waals surface area contributed by atoms with E-state index in [-0.39, 0.29) is 5.91 Å². The number of carbonyl (C=O) groups is 1. The molecular formula is C9H16ClNO. The second-order valence-corrected chi connectivity index (χ2v) is 3.06. The van der Waals surface area contributed by atoms with Gasteiger partial charge in [-0.25, -0.2) is 0 Å². The zero-order valence-corrected chi connectivity index (χ0v) is 8.31. The average Bonchev–Trinajstić information content (AvgIpc) is 2.05. The summed E-state index contributed by atoms with van der Waals surface area (Å²) in [6, 6.07) is 0. The van der Waals surface area contributed by atoms with E-state index in [0.29, 0.717) is 12.3 Å². The summed E-state index contributed by atoms with van der Waals surface area (Å²) < 4.78 is 0. The minimum atomic E-state index is 0.120. The molecule has 0 N–H and O–H groups in total. The Balaban J connectivity index is 3.49. The van der Waals surface area contributed by atoms with Crippen molar-refractivity contribution in [2.75, 3.05) is 19.5 Å². The highest BCUT2D eigenvalue weighted by molar-refractivity contribution is 6.18. The van der Waals surface area contributed by atoms with E-state index in [1.165, 1.54) is 0 Å². The minimum Gasteiger partial charge on any atom is -0.346 e. The Bertz CT molecular complexity index is 147. The van der Waals surface area contributed by atoms with E-state index in [1.54, 1.807) is 11.9 Å². The van der Waals surface area contributed by atoms with Crippen LogP contribution in [0.1, 0.15) is 19.3 Å². The van der Waals surface area contributed by atoms with Gasteiger partial charge >= 0.3 is 0 Å². The van der Waals surface area contributed by atoms with E-state index in [9.17, 15) is 4.79 Å². The molecule has 0 aromatic carbocycles. The predicted molar refractivity (Wildman–Crippen MR) is 52.4 cm³/mol. The Hall–Kier alpha value is -0.500. The lowest BCUT2D eigenvalue weighted by atomic mass is 10.3. The molecule has 1 amide bonds. The molecule has 70 valence electrons. The molecule has 0 aromatic rings. The first-order chi connectivity index (χ1) is 5.72. The van der Waals surface area contributed by atoms with Crippen molar-refractivity contribution in [3.05, 3.63) is 12.7 Å². The van der Waals surface area contributed by atoms with Crippen molar-refractivity contribution in [2.45, 2.75) is 19.3 Å². The number of hydrogen-bond acceptors (Lipinski definition) is 1. The summed E-state index contributed by atoms with van der Waals surface area (Å²) in [5.74, 6) is 0.527. The number of rotatable bonds is 6. The number of allylic oxidation sites excluding steroid dienone is 1. The third-order valence-electron chi connectivity index (χ3n) is 1.64. The molecule has 0 bridgehead atoms. The molecular weight excluding hydrogens is 174 g/mol. The molecule has 0 saturated carbocycles. The number of alkyl halides is 1. The topological polar surface area (TPSA) is 20.3 Å². The maximum atomic E-state index is 11.2. The van der Waals surface area contributed by atoms with Gasteiger partial charge in [-0.2, -0.15) is 0 Å². The quantitative estimate of drug-likeness (QED) is 0.356. The number of hydrogen-bond donors (Lipinski definition) is 0. The number of unbranched alkanes of at least 4 members (excludes halogenated alkanes) is 1. The average molecular weight is 190 g/mol. The third-order valence-corrected chi connectivity index (χ3v) is 1.82.